The van der Waals surface area contributed by atoms with Crippen LogP contribution in [0.2, 0.25) is 36.3 Å². The van der Waals surface area contributed by atoms with Gasteiger partial charge in [-0.3, -0.25) is 4.79 Å². The van der Waals surface area contributed by atoms with Gasteiger partial charge >= 0.3 is 5.97 Å². The largest absolute Gasteiger partial charge is 0.465 e. The van der Waals surface area contributed by atoms with Gasteiger partial charge in [-0.05, 0) is 132 Å². The molecule has 0 amide bonds. The maximum absolute atomic E-state index is 12.5. The number of allylic oxidation sites excluding steroid dienone is 4. The van der Waals surface area contributed by atoms with Crippen LogP contribution in [-0.2, 0) is 18.4 Å². The number of carbonyl (C=O) groups excluding carboxylic acids is 1. The average molecular weight is 703 g/mol. The molecule has 0 aromatic rings. The number of hydrogen-bond donors (Lipinski definition) is 1. The van der Waals surface area contributed by atoms with Crippen molar-refractivity contribution in [2.45, 2.75) is 182 Å². The molecule has 0 saturated heterocycles. The molecule has 48 heavy (non-hydrogen) atoms. The molecule has 0 aromatic carbocycles. The minimum absolute atomic E-state index is 0.180. The smallest absolute Gasteiger partial charge is 0.314 e. The van der Waals surface area contributed by atoms with Crippen molar-refractivity contribution in [3.8, 4) is 0 Å². The number of aliphatic hydroxyl groups excluding tert-OH is 1. The number of carbonyl (C=O) groups is 1. The quantitative estimate of drug-likeness (QED) is 0.132. The molecule has 1 N–H and O–H groups in total. The maximum Gasteiger partial charge on any atom is 0.314 e. The van der Waals surface area contributed by atoms with E-state index in [9.17, 15) is 9.90 Å². The molecule has 3 aliphatic rings. The molecule has 5 nitrogen and oxygen atoms in total. The zero-order chi connectivity index (χ0) is 36.5. The second kappa shape index (κ2) is 15.3. The Morgan fingerprint density at radius 1 is 0.917 bits per heavy atom. The van der Waals surface area contributed by atoms with E-state index in [1.165, 1.54) is 37.7 Å². The zero-order valence-electron chi connectivity index (χ0n) is 33.7. The fraction of sp³-hybridized carbons (Fsp3) is 0.829. The molecule has 0 aromatic heterocycles. The third-order valence-corrected chi connectivity index (χ3v) is 22.5. The first-order valence-electron chi connectivity index (χ1n) is 19.1. The van der Waals surface area contributed by atoms with E-state index in [4.69, 9.17) is 13.6 Å². The Morgan fingerprint density at radius 2 is 1.46 bits per heavy atom. The van der Waals surface area contributed by atoms with Gasteiger partial charge < -0.3 is 18.7 Å². The Balaban J connectivity index is 1.82. The number of hydrogen-bond acceptors (Lipinski definition) is 5. The SMILES string of the molecule is CCOC(=O)C(C)(C)[C@H](O)C=C[C@@H](C)[C@H]1CC[C@H]2C(=CC=C3C[C@@H](O[Si](C)(C)C(C)(C)C)C[C@H](O[Si](C)(C)C(C)(C)C)C3)CCC[C@]12C. The van der Waals surface area contributed by atoms with E-state index in [0.717, 1.165) is 19.3 Å². The summed E-state index contributed by atoms with van der Waals surface area (Å²) in [6.07, 6.45) is 17.6. The van der Waals surface area contributed by atoms with E-state index in [1.54, 1.807) is 26.3 Å². The molecule has 3 fully saturated rings. The standard InChI is InChI=1S/C41H74O5Si2/c1-16-44-37(43)40(9,10)36(42)24-19-29(2)34-22-23-35-31(18-17-25-41(34,35)11)21-20-30-26-32(45-47(12,13)38(3,4)5)28-33(27-30)46-48(14,15)39(6,7)8/h19-21,24,29,32-36,42H,16-18,22-23,25-28H2,1-15H3/t29-,32-,33-,34-,35+,36-,41-/m1/s1. The van der Waals surface area contributed by atoms with E-state index in [-0.39, 0.29) is 33.7 Å². The number of ether oxygens (including phenoxy) is 1. The Hall–Kier alpha value is -0.996. The second-order valence-corrected chi connectivity index (χ2v) is 29.0. The van der Waals surface area contributed by atoms with Gasteiger partial charge in [-0.25, -0.2) is 0 Å². The van der Waals surface area contributed by atoms with Crippen molar-refractivity contribution in [2.24, 2.45) is 28.6 Å². The fourth-order valence-electron chi connectivity index (χ4n) is 8.09. The first-order chi connectivity index (χ1) is 21.9. The van der Waals surface area contributed by atoms with Crippen LogP contribution >= 0.6 is 0 Å². The van der Waals surface area contributed by atoms with Crippen molar-refractivity contribution >= 4 is 22.6 Å². The minimum atomic E-state index is -1.91. The van der Waals surface area contributed by atoms with E-state index in [2.05, 4.69) is 99.8 Å². The highest BCUT2D eigenvalue weighted by Crippen LogP contribution is 2.59. The average Bonchev–Trinajstić information content (AvgIpc) is 3.30. The van der Waals surface area contributed by atoms with Gasteiger partial charge in [0.05, 0.1) is 30.3 Å². The molecule has 7 heteroatoms. The molecular formula is C41H74O5Si2. The third kappa shape index (κ3) is 9.45. The highest BCUT2D eigenvalue weighted by Gasteiger charge is 2.50. The predicted molar refractivity (Wildman–Crippen MR) is 207 cm³/mol. The molecule has 0 bridgehead atoms. The number of rotatable bonds is 11. The van der Waals surface area contributed by atoms with Gasteiger partial charge in [0.25, 0.3) is 0 Å². The van der Waals surface area contributed by atoms with Crippen molar-refractivity contribution in [3.05, 3.63) is 35.5 Å². The van der Waals surface area contributed by atoms with Crippen LogP contribution < -0.4 is 0 Å². The summed E-state index contributed by atoms with van der Waals surface area (Å²) in [5.74, 6) is 1.11. The van der Waals surface area contributed by atoms with E-state index >= 15 is 0 Å². The normalized spacial score (nSPS) is 30.0. The van der Waals surface area contributed by atoms with Crippen LogP contribution in [0.5, 0.6) is 0 Å². The molecule has 0 heterocycles. The molecule has 276 valence electrons. The Bertz CT molecular complexity index is 1160. The van der Waals surface area contributed by atoms with E-state index in [0.29, 0.717) is 24.4 Å². The summed E-state index contributed by atoms with van der Waals surface area (Å²) in [7, 11) is -3.83. The molecule has 0 unspecified atom stereocenters. The van der Waals surface area contributed by atoms with Gasteiger partial charge in [-0.15, -0.1) is 0 Å². The molecular weight excluding hydrogens is 629 g/mol. The summed E-state index contributed by atoms with van der Waals surface area (Å²) in [6.45, 7) is 34.0. The topological polar surface area (TPSA) is 65.0 Å². The molecule has 7 atom stereocenters. The summed E-state index contributed by atoms with van der Waals surface area (Å²) < 4.78 is 19.4. The highest BCUT2D eigenvalue weighted by atomic mass is 28.4. The van der Waals surface area contributed by atoms with Crippen LogP contribution in [0, 0.1) is 28.6 Å². The van der Waals surface area contributed by atoms with Crippen molar-refractivity contribution in [3.63, 3.8) is 0 Å². The monoisotopic (exact) mass is 703 g/mol. The van der Waals surface area contributed by atoms with Gasteiger partial charge in [-0.2, -0.15) is 0 Å². The van der Waals surface area contributed by atoms with Crippen LogP contribution in [0.25, 0.3) is 0 Å². The van der Waals surface area contributed by atoms with Gasteiger partial charge in [0.15, 0.2) is 16.6 Å². The van der Waals surface area contributed by atoms with Gasteiger partial charge in [0.2, 0.25) is 0 Å². The van der Waals surface area contributed by atoms with Crippen molar-refractivity contribution in [2.75, 3.05) is 6.61 Å². The number of fused-ring (bicyclic) bond motifs is 1. The lowest BCUT2D eigenvalue weighted by atomic mass is 9.61. The third-order valence-electron chi connectivity index (χ3n) is 13.4. The lowest BCUT2D eigenvalue weighted by molar-refractivity contribution is -0.158. The van der Waals surface area contributed by atoms with Crippen molar-refractivity contribution in [1.29, 1.82) is 0 Å². The Labute approximate surface area is 298 Å². The van der Waals surface area contributed by atoms with Crippen LogP contribution in [0.3, 0.4) is 0 Å². The fourth-order valence-corrected chi connectivity index (χ4v) is 10.8. The summed E-state index contributed by atoms with van der Waals surface area (Å²) in [4.78, 5) is 12.5. The van der Waals surface area contributed by atoms with Crippen LogP contribution in [0.15, 0.2) is 35.5 Å². The van der Waals surface area contributed by atoms with Gasteiger partial charge in [0, 0.05) is 0 Å². The predicted octanol–water partition coefficient (Wildman–Crippen LogP) is 11.2. The van der Waals surface area contributed by atoms with Gasteiger partial charge in [-0.1, -0.05) is 90.8 Å². The molecule has 3 saturated carbocycles. The summed E-state index contributed by atoms with van der Waals surface area (Å²) in [6, 6.07) is 0. The summed E-state index contributed by atoms with van der Waals surface area (Å²) in [5, 5.41) is 11.3. The molecule has 3 rings (SSSR count). The lowest BCUT2D eigenvalue weighted by Gasteiger charge is -2.45. The summed E-state index contributed by atoms with van der Waals surface area (Å²) >= 11 is 0. The second-order valence-electron chi connectivity index (χ2n) is 19.4. The first kappa shape index (κ1) is 41.4. The highest BCUT2D eigenvalue weighted by molar-refractivity contribution is 6.74. The van der Waals surface area contributed by atoms with Crippen LogP contribution in [0.1, 0.15) is 128 Å². The Morgan fingerprint density at radius 3 is 1.96 bits per heavy atom. The maximum atomic E-state index is 12.5. The van der Waals surface area contributed by atoms with Crippen molar-refractivity contribution < 1.29 is 23.5 Å². The van der Waals surface area contributed by atoms with Crippen molar-refractivity contribution in [1.82, 2.24) is 0 Å². The number of esters is 1. The lowest BCUT2D eigenvalue weighted by Crippen LogP contribution is -2.48. The van der Waals surface area contributed by atoms with Gasteiger partial charge in [0.1, 0.15) is 0 Å². The molecule has 0 radical (unpaired) electrons. The zero-order valence-corrected chi connectivity index (χ0v) is 35.7. The molecule has 3 aliphatic carbocycles. The summed E-state index contributed by atoms with van der Waals surface area (Å²) in [5.41, 5.74) is 2.37. The molecule has 0 spiro atoms. The van der Waals surface area contributed by atoms with E-state index < -0.39 is 28.2 Å². The Kier molecular flexibility index (Phi) is 13.2. The van der Waals surface area contributed by atoms with E-state index in [1.807, 2.05) is 6.08 Å². The first-order valence-corrected chi connectivity index (χ1v) is 24.9. The van der Waals surface area contributed by atoms with Crippen LogP contribution in [-0.4, -0.2) is 52.6 Å². The number of aliphatic hydroxyl groups is 1. The minimum Gasteiger partial charge on any atom is -0.465 e. The van der Waals surface area contributed by atoms with Crippen LogP contribution in [0.4, 0.5) is 0 Å². The molecule has 0 aliphatic heterocycles.